The SMILES string of the molecule is [C-]#[N+]C1=C(C(F)(F)F)C(S(=O)(=O)C2CCC(C(CC)CC(C)C#N)CC2)C(C(F)(F)F)=C1C#N. The van der Waals surface area contributed by atoms with E-state index in [1.165, 1.54) is 0 Å². The Labute approximate surface area is 194 Å². The smallest absolute Gasteiger partial charge is 0.236 e. The molecule has 3 unspecified atom stereocenters. The van der Waals surface area contributed by atoms with E-state index in [4.69, 9.17) is 17.1 Å². The molecule has 0 bridgehead atoms. The van der Waals surface area contributed by atoms with Crippen molar-refractivity contribution < 1.29 is 34.8 Å². The Morgan fingerprint density at radius 3 is 1.97 bits per heavy atom. The van der Waals surface area contributed by atoms with Crippen LogP contribution in [0.3, 0.4) is 0 Å². The number of rotatable bonds is 6. The van der Waals surface area contributed by atoms with Crippen LogP contribution < -0.4 is 0 Å². The molecule has 3 atom stereocenters. The third kappa shape index (κ3) is 5.25. The lowest BCUT2D eigenvalue weighted by molar-refractivity contribution is -0.103. The van der Waals surface area contributed by atoms with Gasteiger partial charge in [0.25, 0.3) is 0 Å². The van der Waals surface area contributed by atoms with Crippen LogP contribution >= 0.6 is 0 Å². The molecule has 34 heavy (non-hydrogen) atoms. The summed E-state index contributed by atoms with van der Waals surface area (Å²) in [7, 11) is -5.10. The molecule has 186 valence electrons. The molecule has 1 fully saturated rings. The van der Waals surface area contributed by atoms with Crippen molar-refractivity contribution in [2.75, 3.05) is 0 Å². The topological polar surface area (TPSA) is 86.1 Å². The predicted molar refractivity (Wildman–Crippen MR) is 110 cm³/mol. The number of nitrogens with zero attached hydrogens (tertiary/aromatic N) is 3. The van der Waals surface area contributed by atoms with Gasteiger partial charge in [0.2, 0.25) is 5.70 Å². The van der Waals surface area contributed by atoms with Gasteiger partial charge in [-0.3, -0.25) is 0 Å². The van der Waals surface area contributed by atoms with Crippen molar-refractivity contribution in [1.29, 1.82) is 10.5 Å². The summed E-state index contributed by atoms with van der Waals surface area (Å²) in [4.78, 5) is 2.48. The van der Waals surface area contributed by atoms with Gasteiger partial charge < -0.3 is 0 Å². The number of hydrogen-bond donors (Lipinski definition) is 0. The van der Waals surface area contributed by atoms with E-state index in [-0.39, 0.29) is 43.4 Å². The molecule has 2 aliphatic carbocycles. The number of allylic oxidation sites excluding steroid dienone is 1. The van der Waals surface area contributed by atoms with Crippen LogP contribution in [0.15, 0.2) is 22.4 Å². The fraction of sp³-hybridized carbons (Fsp3) is 0.682. The van der Waals surface area contributed by atoms with Crippen LogP contribution in [-0.2, 0) is 9.84 Å². The number of nitriles is 2. The molecule has 2 rings (SSSR count). The fourth-order valence-corrected chi connectivity index (χ4v) is 7.54. The minimum Gasteiger partial charge on any atom is -0.236 e. The van der Waals surface area contributed by atoms with Gasteiger partial charge in [0.05, 0.1) is 40.7 Å². The maximum absolute atomic E-state index is 13.8. The first-order valence-corrected chi connectivity index (χ1v) is 12.3. The molecule has 0 amide bonds. The average molecular weight is 508 g/mol. The van der Waals surface area contributed by atoms with E-state index < -0.39 is 55.1 Å². The van der Waals surface area contributed by atoms with Crippen molar-refractivity contribution >= 4 is 9.84 Å². The molecule has 0 aliphatic heterocycles. The lowest BCUT2D eigenvalue weighted by Gasteiger charge is -2.35. The molecule has 12 heteroatoms. The summed E-state index contributed by atoms with van der Waals surface area (Å²) in [6.07, 6.45) is -9.53. The quantitative estimate of drug-likeness (QED) is 0.324. The van der Waals surface area contributed by atoms with Gasteiger partial charge in [0, 0.05) is 5.92 Å². The van der Waals surface area contributed by atoms with E-state index in [2.05, 4.69) is 10.9 Å². The van der Waals surface area contributed by atoms with Crippen molar-refractivity contribution in [2.24, 2.45) is 17.8 Å². The first-order chi connectivity index (χ1) is 15.6. The van der Waals surface area contributed by atoms with Gasteiger partial charge in [0.1, 0.15) is 5.25 Å². The maximum Gasteiger partial charge on any atom is 0.414 e. The normalized spacial score (nSPS) is 26.0. The zero-order valence-electron chi connectivity index (χ0n) is 18.5. The Morgan fingerprint density at radius 2 is 1.59 bits per heavy atom. The third-order valence-corrected chi connectivity index (χ3v) is 9.23. The fourth-order valence-electron chi connectivity index (χ4n) is 5.07. The highest BCUT2D eigenvalue weighted by atomic mass is 32.2. The van der Waals surface area contributed by atoms with Gasteiger partial charge in [-0.05, 0) is 50.9 Å². The molecule has 1 saturated carbocycles. The highest BCUT2D eigenvalue weighted by molar-refractivity contribution is 7.93. The highest BCUT2D eigenvalue weighted by Gasteiger charge is 2.60. The van der Waals surface area contributed by atoms with Gasteiger partial charge in [-0.25, -0.2) is 13.3 Å². The lowest BCUT2D eigenvalue weighted by atomic mass is 9.75. The van der Waals surface area contributed by atoms with Gasteiger partial charge in [-0.15, -0.1) is 0 Å². The van der Waals surface area contributed by atoms with Gasteiger partial charge in [0.15, 0.2) is 9.84 Å². The Kier molecular flexibility index (Phi) is 8.15. The number of halogens is 6. The molecule has 0 aromatic heterocycles. The average Bonchev–Trinajstić information content (AvgIpc) is 3.13. The summed E-state index contributed by atoms with van der Waals surface area (Å²) in [5.74, 6) is -0.153. The molecule has 0 heterocycles. The molecule has 0 aromatic rings. The van der Waals surface area contributed by atoms with Crippen LogP contribution in [-0.4, -0.2) is 31.3 Å². The number of alkyl halides is 6. The number of sulfone groups is 1. The summed E-state index contributed by atoms with van der Waals surface area (Å²) in [6.45, 7) is 10.6. The van der Waals surface area contributed by atoms with Crippen LogP contribution in [0.25, 0.3) is 4.85 Å². The summed E-state index contributed by atoms with van der Waals surface area (Å²) < 4.78 is 109. The summed E-state index contributed by atoms with van der Waals surface area (Å²) in [6, 6.07) is 3.11. The first kappa shape index (κ1) is 27.7. The van der Waals surface area contributed by atoms with Gasteiger partial charge in [-0.1, -0.05) is 13.3 Å². The van der Waals surface area contributed by atoms with E-state index in [1.54, 1.807) is 6.92 Å². The molecule has 0 saturated heterocycles. The lowest BCUT2D eigenvalue weighted by Crippen LogP contribution is -2.42. The van der Waals surface area contributed by atoms with Gasteiger partial charge >= 0.3 is 12.4 Å². The van der Waals surface area contributed by atoms with E-state index in [1.807, 2.05) is 6.92 Å². The summed E-state index contributed by atoms with van der Waals surface area (Å²) >= 11 is 0. The van der Waals surface area contributed by atoms with Crippen LogP contribution in [0.1, 0.15) is 52.4 Å². The largest absolute Gasteiger partial charge is 0.414 e. The monoisotopic (exact) mass is 507 g/mol. The second kappa shape index (κ2) is 10.00. The Hall–Kier alpha value is -2.52. The Bertz CT molecular complexity index is 1040. The maximum atomic E-state index is 13.8. The van der Waals surface area contributed by atoms with E-state index in [0.717, 1.165) is 6.07 Å². The van der Waals surface area contributed by atoms with E-state index >= 15 is 0 Å². The summed E-state index contributed by atoms with van der Waals surface area (Å²) in [5, 5.41) is 13.5. The molecular weight excluding hydrogens is 484 g/mol. The Morgan fingerprint density at radius 1 is 1.06 bits per heavy atom. The van der Waals surface area contributed by atoms with E-state index in [0.29, 0.717) is 12.8 Å². The third-order valence-electron chi connectivity index (χ3n) is 6.70. The first-order valence-electron chi connectivity index (χ1n) is 10.7. The molecule has 0 radical (unpaired) electrons. The van der Waals surface area contributed by atoms with E-state index in [9.17, 15) is 34.8 Å². The zero-order chi connectivity index (χ0) is 26.1. The van der Waals surface area contributed by atoms with Crippen molar-refractivity contribution in [3.05, 3.63) is 33.8 Å². The summed E-state index contributed by atoms with van der Waals surface area (Å²) in [5.41, 5.74) is -7.47. The Balaban J connectivity index is 2.47. The molecule has 5 nitrogen and oxygen atoms in total. The van der Waals surface area contributed by atoms with Crippen LogP contribution in [0.2, 0.25) is 0 Å². The predicted octanol–water partition coefficient (Wildman–Crippen LogP) is 6.04. The number of hydrogen-bond acceptors (Lipinski definition) is 4. The molecule has 0 spiro atoms. The minimum absolute atomic E-state index is 0.000410. The van der Waals surface area contributed by atoms with Crippen molar-refractivity contribution in [1.82, 2.24) is 0 Å². The molecule has 0 N–H and O–H groups in total. The van der Waals surface area contributed by atoms with Crippen LogP contribution in [0.5, 0.6) is 0 Å². The molecular formula is C22H23F6N3O2S. The minimum atomic E-state index is -5.55. The molecule has 0 aromatic carbocycles. The second-order valence-electron chi connectivity index (χ2n) is 8.71. The van der Waals surface area contributed by atoms with Crippen molar-refractivity contribution in [2.45, 2.75) is 75.2 Å². The highest BCUT2D eigenvalue weighted by Crippen LogP contribution is 2.52. The van der Waals surface area contributed by atoms with Crippen LogP contribution in [0, 0.1) is 47.0 Å². The van der Waals surface area contributed by atoms with Crippen molar-refractivity contribution in [3.8, 4) is 12.1 Å². The zero-order valence-corrected chi connectivity index (χ0v) is 19.3. The van der Waals surface area contributed by atoms with Crippen LogP contribution in [0.4, 0.5) is 26.3 Å². The molecule has 2 aliphatic rings. The van der Waals surface area contributed by atoms with Gasteiger partial charge in [-0.2, -0.15) is 36.9 Å². The second-order valence-corrected chi connectivity index (χ2v) is 11.0. The van der Waals surface area contributed by atoms with Crippen molar-refractivity contribution in [3.63, 3.8) is 0 Å². The standard InChI is InChI=1S/C22H23F6N3O2S/c1-4-13(9-12(2)10-29)14-5-7-15(8-6-14)34(32,33)20-17(21(23,24)25)16(11-30)19(31-3)18(20)22(26,27)28/h12-15,20H,4-9H2,1-2H3.